The second kappa shape index (κ2) is 7.26. The molecule has 9 heteroatoms. The Hall–Kier alpha value is -2.90. The van der Waals surface area contributed by atoms with Gasteiger partial charge in [0.15, 0.2) is 6.17 Å². The fourth-order valence-electron chi connectivity index (χ4n) is 2.97. The van der Waals surface area contributed by atoms with Crippen molar-refractivity contribution in [1.29, 1.82) is 0 Å². The van der Waals surface area contributed by atoms with Crippen LogP contribution >= 0.6 is 23.2 Å². The first-order valence-corrected chi connectivity index (χ1v) is 9.15. The molecular formula is C19H15Cl2FN5O+. The predicted molar refractivity (Wildman–Crippen MR) is 107 cm³/mol. The molecule has 4 rings (SSSR count). The number of hydrogen-bond acceptors (Lipinski definition) is 4. The Bertz CT molecular complexity index is 1140. The standard InChI is InChI=1S/C19H14Cl2FN5O/c1-10-9-15(28)27-17(11-5-7-12(22)8-6-11)25-18(26-19(27)23-10)24-14-4-2-3-13(20)16(14)21/h2-9,17H,1H3,(H2,23,24,25,26)/p+1/t17-/m1/s1. The average Bonchev–Trinajstić information content (AvgIpc) is 2.65. The van der Waals surface area contributed by atoms with Crippen molar-refractivity contribution in [2.75, 3.05) is 10.6 Å². The summed E-state index contributed by atoms with van der Waals surface area (Å²) in [6.07, 6.45) is -0.599. The Balaban J connectivity index is 1.81. The van der Waals surface area contributed by atoms with Gasteiger partial charge in [-0.05, 0) is 31.2 Å². The van der Waals surface area contributed by atoms with Crippen molar-refractivity contribution < 1.29 is 9.38 Å². The molecular weight excluding hydrogens is 404 g/mol. The van der Waals surface area contributed by atoms with E-state index in [2.05, 4.69) is 20.6 Å². The van der Waals surface area contributed by atoms with Crippen molar-refractivity contribution >= 4 is 40.8 Å². The van der Waals surface area contributed by atoms with Gasteiger partial charge in [0.05, 0.1) is 10.0 Å². The maximum absolute atomic E-state index is 13.4. The number of aryl methyl sites for hydroxylation is 1. The summed E-state index contributed by atoms with van der Waals surface area (Å²) >= 11 is 12.3. The number of halogens is 3. The summed E-state index contributed by atoms with van der Waals surface area (Å²) in [4.78, 5) is 20.2. The van der Waals surface area contributed by atoms with Crippen LogP contribution in [0.25, 0.3) is 0 Å². The van der Waals surface area contributed by atoms with Crippen LogP contribution in [0.3, 0.4) is 0 Å². The van der Waals surface area contributed by atoms with Crippen LogP contribution in [0.15, 0.2) is 53.3 Å². The van der Waals surface area contributed by atoms with Crippen LogP contribution in [0.2, 0.25) is 10.0 Å². The lowest BCUT2D eigenvalue weighted by Crippen LogP contribution is -2.82. The highest BCUT2D eigenvalue weighted by molar-refractivity contribution is 6.44. The van der Waals surface area contributed by atoms with Crippen LogP contribution in [0, 0.1) is 12.7 Å². The summed E-state index contributed by atoms with van der Waals surface area (Å²) in [6, 6.07) is 12.6. The summed E-state index contributed by atoms with van der Waals surface area (Å²) in [5.74, 6) is 0.440. The fourth-order valence-corrected chi connectivity index (χ4v) is 3.32. The van der Waals surface area contributed by atoms with Crippen molar-refractivity contribution in [2.24, 2.45) is 0 Å². The average molecular weight is 419 g/mol. The molecule has 0 spiro atoms. The minimum atomic E-state index is -0.599. The molecule has 1 atom stereocenters. The van der Waals surface area contributed by atoms with E-state index in [0.717, 1.165) is 0 Å². The lowest BCUT2D eigenvalue weighted by Gasteiger charge is -2.23. The number of guanidine groups is 1. The largest absolute Gasteiger partial charge is 0.357 e. The smallest absolute Gasteiger partial charge is 0.269 e. The molecule has 28 heavy (non-hydrogen) atoms. The third kappa shape index (κ3) is 3.46. The Morgan fingerprint density at radius 1 is 1.21 bits per heavy atom. The van der Waals surface area contributed by atoms with Gasteiger partial charge in [-0.3, -0.25) is 9.79 Å². The lowest BCUT2D eigenvalue weighted by atomic mass is 10.1. The monoisotopic (exact) mass is 418 g/mol. The molecule has 0 fully saturated rings. The molecule has 0 saturated carbocycles. The topological polar surface area (TPSA) is 72.9 Å². The zero-order chi connectivity index (χ0) is 19.8. The molecule has 0 bridgehead atoms. The van der Waals surface area contributed by atoms with Crippen molar-refractivity contribution in [1.82, 2.24) is 9.55 Å². The van der Waals surface area contributed by atoms with E-state index in [1.165, 1.54) is 22.8 Å². The van der Waals surface area contributed by atoms with Gasteiger partial charge in [-0.25, -0.2) is 24.6 Å². The quantitative estimate of drug-likeness (QED) is 0.597. The van der Waals surface area contributed by atoms with Crippen LogP contribution < -0.4 is 21.2 Å². The van der Waals surface area contributed by atoms with Crippen LogP contribution in [-0.2, 0) is 0 Å². The zero-order valence-corrected chi connectivity index (χ0v) is 16.1. The van der Waals surface area contributed by atoms with E-state index in [-0.39, 0.29) is 11.4 Å². The Kier molecular flexibility index (Phi) is 4.78. The van der Waals surface area contributed by atoms with Crippen LogP contribution in [0.1, 0.15) is 17.4 Å². The lowest BCUT2D eigenvalue weighted by molar-refractivity contribution is -0.520. The van der Waals surface area contributed by atoms with Crippen LogP contribution in [0.4, 0.5) is 16.0 Å². The maximum atomic E-state index is 13.4. The number of fused-ring (bicyclic) bond motifs is 1. The van der Waals surface area contributed by atoms with Crippen LogP contribution in [0.5, 0.6) is 0 Å². The Morgan fingerprint density at radius 2 is 1.96 bits per heavy atom. The number of rotatable bonds is 2. The minimum absolute atomic E-state index is 0.239. The molecule has 2 aromatic carbocycles. The zero-order valence-electron chi connectivity index (χ0n) is 14.6. The summed E-state index contributed by atoms with van der Waals surface area (Å²) in [6.45, 7) is 1.74. The third-order valence-corrected chi connectivity index (χ3v) is 5.07. The Morgan fingerprint density at radius 3 is 2.71 bits per heavy atom. The highest BCUT2D eigenvalue weighted by atomic mass is 35.5. The molecule has 0 radical (unpaired) electrons. The molecule has 2 heterocycles. The molecule has 3 N–H and O–H groups in total. The molecule has 0 amide bonds. The SMILES string of the molecule is Cc1cc(=O)n2c(n1)NC(Nc1cccc(Cl)c1Cl)=[NH+][C@H]2c1ccc(F)cc1. The highest BCUT2D eigenvalue weighted by Gasteiger charge is 2.29. The van der Waals surface area contributed by atoms with Crippen molar-refractivity contribution in [2.45, 2.75) is 13.1 Å². The van der Waals surface area contributed by atoms with Gasteiger partial charge in [0.25, 0.3) is 11.5 Å². The van der Waals surface area contributed by atoms with Gasteiger partial charge in [0.1, 0.15) is 11.5 Å². The van der Waals surface area contributed by atoms with Gasteiger partial charge >= 0.3 is 5.96 Å². The first-order chi connectivity index (χ1) is 13.4. The van der Waals surface area contributed by atoms with E-state index in [0.29, 0.717) is 38.9 Å². The van der Waals surface area contributed by atoms with Crippen molar-refractivity contribution in [3.05, 3.63) is 86.0 Å². The van der Waals surface area contributed by atoms with Gasteiger partial charge in [-0.1, -0.05) is 41.4 Å². The van der Waals surface area contributed by atoms with Gasteiger partial charge in [0.2, 0.25) is 0 Å². The van der Waals surface area contributed by atoms with E-state index >= 15 is 0 Å². The molecule has 6 nitrogen and oxygen atoms in total. The maximum Gasteiger partial charge on any atom is 0.357 e. The van der Waals surface area contributed by atoms with Crippen molar-refractivity contribution in [3.63, 3.8) is 0 Å². The molecule has 0 unspecified atom stereocenters. The Labute approximate surface area is 169 Å². The first-order valence-electron chi connectivity index (χ1n) is 8.39. The predicted octanol–water partition coefficient (Wildman–Crippen LogP) is 2.52. The summed E-state index contributed by atoms with van der Waals surface area (Å²) in [5.41, 5.74) is 1.60. The summed E-state index contributed by atoms with van der Waals surface area (Å²) < 4.78 is 14.8. The summed E-state index contributed by atoms with van der Waals surface area (Å²) in [7, 11) is 0. The van der Waals surface area contributed by atoms with Gasteiger partial charge in [-0.15, -0.1) is 0 Å². The molecule has 1 aliphatic heterocycles. The van der Waals surface area contributed by atoms with E-state index in [9.17, 15) is 9.18 Å². The number of nitrogens with one attached hydrogen (secondary N) is 3. The molecule has 3 aromatic rings. The molecule has 0 saturated heterocycles. The first kappa shape index (κ1) is 18.5. The molecule has 1 aliphatic rings. The van der Waals surface area contributed by atoms with Crippen molar-refractivity contribution in [3.8, 4) is 0 Å². The van der Waals surface area contributed by atoms with E-state index in [1.54, 1.807) is 37.3 Å². The second-order valence-corrected chi connectivity index (χ2v) is 7.04. The van der Waals surface area contributed by atoms with Crippen LogP contribution in [-0.4, -0.2) is 15.5 Å². The minimum Gasteiger partial charge on any atom is -0.269 e. The number of benzene rings is 2. The molecule has 0 aliphatic carbocycles. The molecule has 1 aromatic heterocycles. The number of nitrogens with zero attached hydrogens (tertiary/aromatic N) is 2. The van der Waals surface area contributed by atoms with E-state index < -0.39 is 6.17 Å². The third-order valence-electron chi connectivity index (χ3n) is 4.25. The molecule has 142 valence electrons. The van der Waals surface area contributed by atoms with E-state index in [4.69, 9.17) is 23.2 Å². The van der Waals surface area contributed by atoms with Gasteiger partial charge < -0.3 is 0 Å². The second-order valence-electron chi connectivity index (χ2n) is 6.25. The number of anilines is 2. The highest BCUT2D eigenvalue weighted by Crippen LogP contribution is 2.29. The summed E-state index contributed by atoms with van der Waals surface area (Å²) in [5, 5.41) is 6.95. The van der Waals surface area contributed by atoms with Gasteiger partial charge in [-0.2, -0.15) is 0 Å². The van der Waals surface area contributed by atoms with E-state index in [1.807, 2.05) is 0 Å². The number of hydrogen-bond donors (Lipinski definition) is 3. The van der Waals surface area contributed by atoms with Gasteiger partial charge in [0, 0.05) is 17.3 Å². The normalized spacial score (nSPS) is 15.4. The fraction of sp³-hybridized carbons (Fsp3) is 0.105. The number of aromatic nitrogens is 2.